The summed E-state index contributed by atoms with van der Waals surface area (Å²) in [7, 11) is 0. The number of rotatable bonds is 6. The van der Waals surface area contributed by atoms with Crippen molar-refractivity contribution in [2.24, 2.45) is 5.92 Å². The van der Waals surface area contributed by atoms with Crippen LogP contribution in [0.25, 0.3) is 0 Å². The molecule has 1 N–H and O–H groups in total. The van der Waals surface area contributed by atoms with Crippen molar-refractivity contribution in [2.75, 3.05) is 6.61 Å². The molecule has 0 saturated carbocycles. The van der Waals surface area contributed by atoms with Gasteiger partial charge in [0.05, 0.1) is 12.5 Å². The summed E-state index contributed by atoms with van der Waals surface area (Å²) in [6.07, 6.45) is 1.24. The van der Waals surface area contributed by atoms with Crippen LogP contribution in [0.4, 0.5) is 0 Å². The fourth-order valence-corrected chi connectivity index (χ4v) is 1.58. The fraction of sp³-hybridized carbons (Fsp3) is 0.462. The number of ether oxygens (including phenoxy) is 1. The molecule has 0 amide bonds. The van der Waals surface area contributed by atoms with Gasteiger partial charge >= 0.3 is 5.97 Å². The van der Waals surface area contributed by atoms with E-state index in [2.05, 4.69) is 0 Å². The van der Waals surface area contributed by atoms with Gasteiger partial charge in [-0.05, 0) is 37.5 Å². The van der Waals surface area contributed by atoms with Crippen molar-refractivity contribution >= 4 is 5.97 Å². The van der Waals surface area contributed by atoms with Gasteiger partial charge in [-0.25, -0.2) is 0 Å². The molecule has 1 atom stereocenters. The van der Waals surface area contributed by atoms with Crippen LogP contribution in [-0.2, 0) is 11.2 Å². The van der Waals surface area contributed by atoms with Crippen LogP contribution in [0.2, 0.25) is 0 Å². The van der Waals surface area contributed by atoms with Crippen LogP contribution in [0, 0.1) is 5.92 Å². The van der Waals surface area contributed by atoms with E-state index in [0.717, 1.165) is 11.3 Å². The van der Waals surface area contributed by atoms with Gasteiger partial charge in [0.25, 0.3) is 0 Å². The molecule has 3 nitrogen and oxygen atoms in total. The van der Waals surface area contributed by atoms with Crippen LogP contribution >= 0.6 is 0 Å². The molecular formula is C13H18O3. The number of hydrogen-bond donors (Lipinski definition) is 1. The molecule has 0 fully saturated rings. The summed E-state index contributed by atoms with van der Waals surface area (Å²) in [5.74, 6) is -0.191. The van der Waals surface area contributed by atoms with Gasteiger partial charge in [0.2, 0.25) is 0 Å². The van der Waals surface area contributed by atoms with E-state index >= 15 is 0 Å². The summed E-state index contributed by atoms with van der Waals surface area (Å²) in [5, 5.41) is 8.95. The first kappa shape index (κ1) is 12.6. The maximum Gasteiger partial charge on any atom is 0.306 e. The van der Waals surface area contributed by atoms with Gasteiger partial charge in [0, 0.05) is 0 Å². The summed E-state index contributed by atoms with van der Waals surface area (Å²) in [5.41, 5.74) is 1.04. The summed E-state index contributed by atoms with van der Waals surface area (Å²) < 4.78 is 5.32. The molecule has 0 aliphatic carbocycles. The third kappa shape index (κ3) is 3.57. The monoisotopic (exact) mass is 222 g/mol. The highest BCUT2D eigenvalue weighted by Crippen LogP contribution is 2.16. The number of carbonyl (C=O) groups is 1. The molecule has 0 spiro atoms. The standard InChI is InChI=1S/C13H18O3/c1-3-11(13(14)15)9-10-5-7-12(8-6-10)16-4-2/h5-8,11H,3-4,9H2,1-2H3,(H,14,15)/t11-/m0/s1. The molecule has 0 radical (unpaired) electrons. The van der Waals surface area contributed by atoms with Crippen LogP contribution in [0.15, 0.2) is 24.3 Å². The van der Waals surface area contributed by atoms with Gasteiger partial charge in [-0.15, -0.1) is 0 Å². The lowest BCUT2D eigenvalue weighted by Gasteiger charge is -2.10. The lowest BCUT2D eigenvalue weighted by atomic mass is 9.97. The summed E-state index contributed by atoms with van der Waals surface area (Å²) in [4.78, 5) is 10.9. The van der Waals surface area contributed by atoms with Crippen LogP contribution in [0.3, 0.4) is 0 Å². The van der Waals surface area contributed by atoms with Crippen LogP contribution in [0.5, 0.6) is 5.75 Å². The van der Waals surface area contributed by atoms with Gasteiger partial charge in [-0.3, -0.25) is 4.79 Å². The molecule has 0 saturated heterocycles. The first-order valence-electron chi connectivity index (χ1n) is 5.61. The quantitative estimate of drug-likeness (QED) is 0.805. The average Bonchev–Trinajstić information content (AvgIpc) is 2.28. The average molecular weight is 222 g/mol. The minimum Gasteiger partial charge on any atom is -0.494 e. The zero-order valence-electron chi connectivity index (χ0n) is 9.77. The van der Waals surface area contributed by atoms with E-state index in [1.807, 2.05) is 38.1 Å². The zero-order chi connectivity index (χ0) is 12.0. The molecule has 0 unspecified atom stereocenters. The van der Waals surface area contributed by atoms with E-state index in [1.54, 1.807) is 0 Å². The Morgan fingerprint density at radius 1 is 1.31 bits per heavy atom. The lowest BCUT2D eigenvalue weighted by molar-refractivity contribution is -0.141. The SMILES string of the molecule is CCOc1ccc(C[C@H](CC)C(=O)O)cc1. The van der Waals surface area contributed by atoms with Crippen molar-refractivity contribution in [3.8, 4) is 5.75 Å². The molecule has 0 aliphatic heterocycles. The predicted molar refractivity (Wildman–Crippen MR) is 62.7 cm³/mol. The van der Waals surface area contributed by atoms with Gasteiger partial charge < -0.3 is 9.84 Å². The second-order valence-electron chi connectivity index (χ2n) is 3.72. The maximum atomic E-state index is 10.9. The van der Waals surface area contributed by atoms with E-state index in [4.69, 9.17) is 9.84 Å². The Morgan fingerprint density at radius 3 is 2.38 bits per heavy atom. The van der Waals surface area contributed by atoms with E-state index in [9.17, 15) is 4.79 Å². The Balaban J connectivity index is 2.63. The highest BCUT2D eigenvalue weighted by atomic mass is 16.5. The minimum atomic E-state index is -0.726. The number of benzene rings is 1. The molecular weight excluding hydrogens is 204 g/mol. The van der Waals surface area contributed by atoms with Crippen LogP contribution in [0.1, 0.15) is 25.8 Å². The Hall–Kier alpha value is -1.51. The second kappa shape index (κ2) is 6.16. The Kier molecular flexibility index (Phi) is 4.83. The van der Waals surface area contributed by atoms with Gasteiger partial charge in [0.1, 0.15) is 5.75 Å². The fourth-order valence-electron chi connectivity index (χ4n) is 1.58. The highest BCUT2D eigenvalue weighted by molar-refractivity contribution is 5.70. The van der Waals surface area contributed by atoms with E-state index < -0.39 is 5.97 Å². The largest absolute Gasteiger partial charge is 0.494 e. The van der Waals surface area contributed by atoms with Crippen molar-refractivity contribution in [3.63, 3.8) is 0 Å². The van der Waals surface area contributed by atoms with Crippen molar-refractivity contribution in [1.82, 2.24) is 0 Å². The number of hydrogen-bond acceptors (Lipinski definition) is 2. The topological polar surface area (TPSA) is 46.5 Å². The van der Waals surface area contributed by atoms with Crippen molar-refractivity contribution in [1.29, 1.82) is 0 Å². The number of carboxylic acid groups (broad SMARTS) is 1. The lowest BCUT2D eigenvalue weighted by Crippen LogP contribution is -2.15. The van der Waals surface area contributed by atoms with Crippen molar-refractivity contribution < 1.29 is 14.6 Å². The van der Waals surface area contributed by atoms with Crippen LogP contribution < -0.4 is 4.74 Å². The summed E-state index contributed by atoms with van der Waals surface area (Å²) in [6, 6.07) is 7.62. The normalized spacial score (nSPS) is 12.1. The highest BCUT2D eigenvalue weighted by Gasteiger charge is 2.15. The summed E-state index contributed by atoms with van der Waals surface area (Å²) >= 11 is 0. The molecule has 1 aromatic carbocycles. The molecule has 0 bridgehead atoms. The Morgan fingerprint density at radius 2 is 1.94 bits per heavy atom. The zero-order valence-corrected chi connectivity index (χ0v) is 9.77. The molecule has 1 rings (SSSR count). The predicted octanol–water partition coefficient (Wildman–Crippen LogP) is 2.74. The third-order valence-corrected chi connectivity index (χ3v) is 2.56. The smallest absolute Gasteiger partial charge is 0.306 e. The molecule has 0 heterocycles. The Bertz CT molecular complexity index is 330. The Labute approximate surface area is 96.1 Å². The molecule has 0 aliphatic rings. The van der Waals surface area contributed by atoms with Gasteiger partial charge in [0.15, 0.2) is 0 Å². The summed E-state index contributed by atoms with van der Waals surface area (Å²) in [6.45, 7) is 4.48. The van der Waals surface area contributed by atoms with Crippen molar-refractivity contribution in [3.05, 3.63) is 29.8 Å². The van der Waals surface area contributed by atoms with E-state index in [1.165, 1.54) is 0 Å². The van der Waals surface area contributed by atoms with Crippen LogP contribution in [-0.4, -0.2) is 17.7 Å². The first-order chi connectivity index (χ1) is 7.67. The first-order valence-corrected chi connectivity index (χ1v) is 5.61. The van der Waals surface area contributed by atoms with Gasteiger partial charge in [-0.1, -0.05) is 19.1 Å². The molecule has 88 valence electrons. The minimum absolute atomic E-state index is 0.294. The number of carboxylic acids is 1. The van der Waals surface area contributed by atoms with Crippen molar-refractivity contribution in [2.45, 2.75) is 26.7 Å². The maximum absolute atomic E-state index is 10.9. The number of aliphatic carboxylic acids is 1. The molecule has 3 heteroatoms. The van der Waals surface area contributed by atoms with E-state index in [0.29, 0.717) is 19.4 Å². The molecule has 0 aromatic heterocycles. The third-order valence-electron chi connectivity index (χ3n) is 2.56. The molecule has 16 heavy (non-hydrogen) atoms. The molecule has 1 aromatic rings. The second-order valence-corrected chi connectivity index (χ2v) is 3.72. The van der Waals surface area contributed by atoms with Gasteiger partial charge in [-0.2, -0.15) is 0 Å². The van der Waals surface area contributed by atoms with E-state index in [-0.39, 0.29) is 5.92 Å².